The number of nitrogen functional groups attached to an aromatic ring is 1. The van der Waals surface area contributed by atoms with Crippen molar-refractivity contribution in [2.75, 3.05) is 5.73 Å². The van der Waals surface area contributed by atoms with E-state index in [2.05, 4.69) is 26.3 Å². The molecule has 0 saturated carbocycles. The van der Waals surface area contributed by atoms with E-state index in [1.807, 2.05) is 12.1 Å². The molecule has 1 aromatic heterocycles. The van der Waals surface area contributed by atoms with Gasteiger partial charge in [0.25, 0.3) is 5.91 Å². The van der Waals surface area contributed by atoms with Gasteiger partial charge in [-0.1, -0.05) is 22.0 Å². The molecular formula is C12H13BrN4O. The van der Waals surface area contributed by atoms with Crippen LogP contribution >= 0.6 is 15.9 Å². The fraction of sp³-hybridized carbons (Fsp3) is 0.167. The van der Waals surface area contributed by atoms with Crippen LogP contribution in [0.4, 0.5) is 5.82 Å². The van der Waals surface area contributed by atoms with E-state index in [0.29, 0.717) is 17.9 Å². The van der Waals surface area contributed by atoms with Crippen molar-refractivity contribution in [2.24, 2.45) is 7.05 Å². The zero-order chi connectivity index (χ0) is 13.1. The van der Waals surface area contributed by atoms with Crippen LogP contribution in [-0.4, -0.2) is 15.7 Å². The molecule has 0 bridgehead atoms. The Morgan fingerprint density at radius 2 is 2.33 bits per heavy atom. The molecule has 0 radical (unpaired) electrons. The molecule has 0 atom stereocenters. The Labute approximate surface area is 113 Å². The van der Waals surface area contributed by atoms with Gasteiger partial charge in [-0.05, 0) is 18.2 Å². The number of anilines is 1. The SMILES string of the molecule is Cn1ncc(CNC(=O)c2cccc(Br)c2)c1N. The van der Waals surface area contributed by atoms with Crippen molar-refractivity contribution in [1.82, 2.24) is 15.1 Å². The summed E-state index contributed by atoms with van der Waals surface area (Å²) >= 11 is 3.33. The second-order valence-corrected chi connectivity index (χ2v) is 4.79. The summed E-state index contributed by atoms with van der Waals surface area (Å²) in [5.74, 6) is 0.420. The maximum atomic E-state index is 11.9. The Balaban J connectivity index is 2.03. The molecule has 18 heavy (non-hydrogen) atoms. The molecule has 1 aromatic carbocycles. The topological polar surface area (TPSA) is 72.9 Å². The first-order valence-corrected chi connectivity index (χ1v) is 6.17. The third kappa shape index (κ3) is 2.70. The van der Waals surface area contributed by atoms with E-state index < -0.39 is 0 Å². The Kier molecular flexibility index (Phi) is 3.66. The number of nitrogens with one attached hydrogen (secondary N) is 1. The van der Waals surface area contributed by atoms with Crippen molar-refractivity contribution in [1.29, 1.82) is 0 Å². The van der Waals surface area contributed by atoms with Gasteiger partial charge in [0, 0.05) is 29.2 Å². The van der Waals surface area contributed by atoms with E-state index in [1.165, 1.54) is 0 Å². The molecule has 2 aromatic rings. The lowest BCUT2D eigenvalue weighted by molar-refractivity contribution is 0.0951. The van der Waals surface area contributed by atoms with Crippen molar-refractivity contribution in [2.45, 2.75) is 6.54 Å². The summed E-state index contributed by atoms with van der Waals surface area (Å²) < 4.78 is 2.44. The summed E-state index contributed by atoms with van der Waals surface area (Å²) in [5, 5.41) is 6.82. The van der Waals surface area contributed by atoms with Crippen molar-refractivity contribution in [3.05, 3.63) is 46.1 Å². The summed E-state index contributed by atoms with van der Waals surface area (Å²) in [6, 6.07) is 7.21. The summed E-state index contributed by atoms with van der Waals surface area (Å²) in [6.45, 7) is 0.366. The van der Waals surface area contributed by atoms with Gasteiger partial charge >= 0.3 is 0 Å². The number of nitrogens with two attached hydrogens (primary N) is 1. The van der Waals surface area contributed by atoms with Gasteiger partial charge in [0.15, 0.2) is 0 Å². The summed E-state index contributed by atoms with van der Waals surface area (Å²) in [4.78, 5) is 11.9. The van der Waals surface area contributed by atoms with Crippen molar-refractivity contribution < 1.29 is 4.79 Å². The van der Waals surface area contributed by atoms with E-state index in [9.17, 15) is 4.79 Å². The number of aromatic nitrogens is 2. The summed E-state index contributed by atoms with van der Waals surface area (Å²) in [7, 11) is 1.76. The molecule has 2 rings (SSSR count). The van der Waals surface area contributed by atoms with Gasteiger partial charge in [-0.15, -0.1) is 0 Å². The van der Waals surface area contributed by atoms with Gasteiger partial charge in [0.05, 0.1) is 6.20 Å². The van der Waals surface area contributed by atoms with E-state index in [0.717, 1.165) is 10.0 Å². The number of aryl methyl sites for hydroxylation is 1. The lowest BCUT2D eigenvalue weighted by Gasteiger charge is -2.05. The highest BCUT2D eigenvalue weighted by Crippen LogP contribution is 2.12. The van der Waals surface area contributed by atoms with Gasteiger partial charge < -0.3 is 11.1 Å². The van der Waals surface area contributed by atoms with E-state index in [4.69, 9.17) is 5.73 Å². The van der Waals surface area contributed by atoms with E-state index in [-0.39, 0.29) is 5.91 Å². The lowest BCUT2D eigenvalue weighted by Crippen LogP contribution is -2.23. The molecule has 94 valence electrons. The number of carbonyl (C=O) groups excluding carboxylic acids is 1. The van der Waals surface area contributed by atoms with Crippen LogP contribution in [0.2, 0.25) is 0 Å². The molecule has 3 N–H and O–H groups in total. The molecule has 0 aliphatic heterocycles. The third-order valence-electron chi connectivity index (χ3n) is 2.59. The number of nitrogens with zero attached hydrogens (tertiary/aromatic N) is 2. The van der Waals surface area contributed by atoms with Gasteiger partial charge in [-0.3, -0.25) is 9.48 Å². The summed E-state index contributed by atoms with van der Waals surface area (Å²) in [6.07, 6.45) is 1.65. The Bertz CT molecular complexity index is 579. The van der Waals surface area contributed by atoms with Crippen LogP contribution in [0.1, 0.15) is 15.9 Å². The largest absolute Gasteiger partial charge is 0.384 e. The van der Waals surface area contributed by atoms with Crippen LogP contribution in [0.3, 0.4) is 0 Å². The number of amides is 1. The maximum absolute atomic E-state index is 11.9. The minimum absolute atomic E-state index is 0.139. The molecule has 5 nitrogen and oxygen atoms in total. The van der Waals surface area contributed by atoms with Crippen LogP contribution in [0.15, 0.2) is 34.9 Å². The van der Waals surface area contributed by atoms with Crippen molar-refractivity contribution in [3.63, 3.8) is 0 Å². The molecule has 1 amide bonds. The van der Waals surface area contributed by atoms with Crippen LogP contribution in [-0.2, 0) is 13.6 Å². The highest BCUT2D eigenvalue weighted by molar-refractivity contribution is 9.10. The van der Waals surface area contributed by atoms with Gasteiger partial charge in [0.1, 0.15) is 5.82 Å². The highest BCUT2D eigenvalue weighted by atomic mass is 79.9. The lowest BCUT2D eigenvalue weighted by atomic mass is 10.2. The molecule has 1 heterocycles. The average molecular weight is 309 g/mol. The molecule has 6 heteroatoms. The standard InChI is InChI=1S/C12H13BrN4O/c1-17-11(14)9(7-16-17)6-15-12(18)8-3-2-4-10(13)5-8/h2-5,7H,6,14H2,1H3,(H,15,18). The monoisotopic (exact) mass is 308 g/mol. The zero-order valence-corrected chi connectivity index (χ0v) is 11.4. The van der Waals surface area contributed by atoms with E-state index in [1.54, 1.807) is 30.1 Å². The number of rotatable bonds is 3. The number of halogens is 1. The first-order chi connectivity index (χ1) is 8.58. The van der Waals surface area contributed by atoms with Crippen LogP contribution in [0, 0.1) is 0 Å². The highest BCUT2D eigenvalue weighted by Gasteiger charge is 2.08. The Hall–Kier alpha value is -1.82. The minimum Gasteiger partial charge on any atom is -0.384 e. The first-order valence-electron chi connectivity index (χ1n) is 5.38. The quantitative estimate of drug-likeness (QED) is 0.906. The molecule has 0 fully saturated rings. The van der Waals surface area contributed by atoms with Gasteiger partial charge in [0.2, 0.25) is 0 Å². The van der Waals surface area contributed by atoms with Crippen LogP contribution in [0.5, 0.6) is 0 Å². The average Bonchev–Trinajstić information content (AvgIpc) is 2.67. The first kappa shape index (κ1) is 12.6. The number of hydrogen-bond acceptors (Lipinski definition) is 3. The molecule has 0 unspecified atom stereocenters. The number of benzene rings is 1. The fourth-order valence-corrected chi connectivity index (χ4v) is 1.94. The van der Waals surface area contributed by atoms with E-state index >= 15 is 0 Å². The second-order valence-electron chi connectivity index (χ2n) is 3.87. The van der Waals surface area contributed by atoms with Gasteiger partial charge in [-0.2, -0.15) is 5.10 Å². The smallest absolute Gasteiger partial charge is 0.251 e. The van der Waals surface area contributed by atoms with Crippen molar-refractivity contribution in [3.8, 4) is 0 Å². The zero-order valence-electron chi connectivity index (χ0n) is 9.85. The molecule has 0 saturated heterocycles. The third-order valence-corrected chi connectivity index (χ3v) is 3.08. The minimum atomic E-state index is -0.139. The normalized spacial score (nSPS) is 10.3. The second kappa shape index (κ2) is 5.22. The van der Waals surface area contributed by atoms with Crippen LogP contribution < -0.4 is 11.1 Å². The number of hydrogen-bond donors (Lipinski definition) is 2. The van der Waals surface area contributed by atoms with Crippen LogP contribution in [0.25, 0.3) is 0 Å². The molecule has 0 aliphatic rings. The van der Waals surface area contributed by atoms with Crippen molar-refractivity contribution >= 4 is 27.7 Å². The number of carbonyl (C=O) groups is 1. The maximum Gasteiger partial charge on any atom is 0.251 e. The summed E-state index contributed by atoms with van der Waals surface area (Å²) in [5.41, 5.74) is 7.20. The Morgan fingerprint density at radius 1 is 1.56 bits per heavy atom. The Morgan fingerprint density at radius 3 is 2.94 bits per heavy atom. The molecule has 0 aliphatic carbocycles. The molecule has 0 spiro atoms. The predicted molar refractivity (Wildman–Crippen MR) is 72.9 cm³/mol. The van der Waals surface area contributed by atoms with Gasteiger partial charge in [-0.25, -0.2) is 0 Å². The fourth-order valence-electron chi connectivity index (χ4n) is 1.54. The predicted octanol–water partition coefficient (Wildman–Crippen LogP) is 1.69. The molecular weight excluding hydrogens is 296 g/mol.